The highest BCUT2D eigenvalue weighted by atomic mass is 35.7. The number of aryl methyl sites for hydroxylation is 1. The number of carbonyl (C=O) groups is 2. The number of aliphatic hydroxyl groups excluding tert-OH is 3. The zero-order valence-corrected chi connectivity index (χ0v) is 55.6. The van der Waals surface area contributed by atoms with E-state index < -0.39 is 115 Å². The lowest BCUT2D eigenvalue weighted by Gasteiger charge is -2.48. The van der Waals surface area contributed by atoms with Crippen molar-refractivity contribution in [3.63, 3.8) is 0 Å². The molecule has 19 atom stereocenters. The maximum Gasteiger partial charge on any atom is 0.311 e. The van der Waals surface area contributed by atoms with E-state index in [-0.39, 0.29) is 69.0 Å². The van der Waals surface area contributed by atoms with Crippen LogP contribution in [-0.4, -0.2) is 171 Å². The summed E-state index contributed by atoms with van der Waals surface area (Å²) in [6, 6.07) is 15.3. The van der Waals surface area contributed by atoms with Crippen LogP contribution in [0.25, 0.3) is 0 Å². The molecule has 0 radical (unpaired) electrons. The van der Waals surface area contributed by atoms with Crippen molar-refractivity contribution in [2.24, 2.45) is 17.8 Å². The highest BCUT2D eigenvalue weighted by molar-refractivity contribution is 7.95. The number of benzene rings is 2. The lowest BCUT2D eigenvalue weighted by Crippen LogP contribution is -2.60. The molecule has 490 valence electrons. The fraction of sp³-hybridized carbons (Fsp3) is 0.791. The third-order valence-electron chi connectivity index (χ3n) is 19.5. The highest BCUT2D eigenvalue weighted by Crippen LogP contribution is 2.47. The number of amides is 1. The SMILES string of the molecule is CC[C@H]1OC(=O)[C@H](C)[C@@H](O[C@H]2C[C@@](C)(OC)[C@@H](O)[C@H](C)O2)[C@H](C)[C@@H](O[C@@H]2O[C@H](C)C[C@H](N(C)C)[C@H]2O)[C@](C)(O)C[C@@H](C)CN(C(=O)CCCCCCCCCCCc2ccc(P(Cl)c3ccccc3)c(C3CCC(F)(F)CC3)c2)[C@H](C)[C@@H](O)[C@]1(C)O. The van der Waals surface area contributed by atoms with Crippen molar-refractivity contribution in [1.82, 2.24) is 9.80 Å². The van der Waals surface area contributed by atoms with Crippen LogP contribution in [0.3, 0.4) is 0 Å². The highest BCUT2D eigenvalue weighted by Gasteiger charge is 2.53. The van der Waals surface area contributed by atoms with Crippen molar-refractivity contribution in [2.45, 2.75) is 293 Å². The second-order valence-corrected chi connectivity index (χ2v) is 29.7. The summed E-state index contributed by atoms with van der Waals surface area (Å²) in [6.45, 7) is 17.3. The molecule has 1 aliphatic carbocycles. The quantitative estimate of drug-likeness (QED) is 0.0424. The molecule has 6 rings (SSSR count). The summed E-state index contributed by atoms with van der Waals surface area (Å²) >= 11 is 7.13. The lowest BCUT2D eigenvalue weighted by molar-refractivity contribution is -0.318. The molecular weight excluding hydrogens is 1150 g/mol. The average Bonchev–Trinajstić information content (AvgIpc) is 2.51. The van der Waals surface area contributed by atoms with Crippen LogP contribution in [0.5, 0.6) is 0 Å². The second kappa shape index (κ2) is 32.2. The summed E-state index contributed by atoms with van der Waals surface area (Å²) in [7, 11) is 4.11. The molecule has 19 heteroatoms. The number of nitrogens with zero attached hydrogens (tertiary/aromatic N) is 2. The summed E-state index contributed by atoms with van der Waals surface area (Å²) in [5.74, 6) is -5.88. The van der Waals surface area contributed by atoms with E-state index in [1.54, 1.807) is 53.4 Å². The van der Waals surface area contributed by atoms with Crippen molar-refractivity contribution in [3.05, 3.63) is 59.7 Å². The van der Waals surface area contributed by atoms with Crippen LogP contribution in [-0.2, 0) is 44.4 Å². The Morgan fingerprint density at radius 1 is 0.837 bits per heavy atom. The minimum Gasteiger partial charge on any atom is -0.459 e. The third-order valence-corrected chi connectivity index (χ3v) is 22.2. The van der Waals surface area contributed by atoms with E-state index >= 15 is 0 Å². The van der Waals surface area contributed by atoms with Gasteiger partial charge in [-0.2, -0.15) is 0 Å². The molecule has 86 heavy (non-hydrogen) atoms. The van der Waals surface area contributed by atoms with E-state index in [4.69, 9.17) is 39.7 Å². The average molecular weight is 1250 g/mol. The van der Waals surface area contributed by atoms with Crippen molar-refractivity contribution in [3.8, 4) is 0 Å². The molecule has 0 spiro atoms. The Labute approximate surface area is 519 Å². The zero-order chi connectivity index (χ0) is 63.5. The number of cyclic esters (lactones) is 1. The number of likely N-dealkylation sites (N-methyl/N-ethyl adjacent to an activating group) is 1. The van der Waals surface area contributed by atoms with Crippen molar-refractivity contribution in [2.75, 3.05) is 27.7 Å². The molecule has 3 saturated heterocycles. The molecule has 3 aliphatic heterocycles. The smallest absolute Gasteiger partial charge is 0.311 e. The summed E-state index contributed by atoms with van der Waals surface area (Å²) in [6.07, 6.45) is 1.01. The molecule has 2 aromatic rings. The van der Waals surface area contributed by atoms with Gasteiger partial charge in [0.1, 0.15) is 30.0 Å². The molecule has 5 N–H and O–H groups in total. The maximum absolute atomic E-state index is 14.7. The molecule has 3 heterocycles. The van der Waals surface area contributed by atoms with Gasteiger partial charge in [-0.3, -0.25) is 9.59 Å². The molecule has 1 amide bonds. The molecule has 15 nitrogen and oxygen atoms in total. The van der Waals surface area contributed by atoms with Crippen molar-refractivity contribution >= 4 is 41.0 Å². The van der Waals surface area contributed by atoms with Crippen LogP contribution in [0.4, 0.5) is 8.78 Å². The standard InChI is InChI=1S/C67H108ClF2N2O13P/c1-14-54-66(10,79)59(75)46(6)72(55(73)30-26-21-19-17-15-16-18-20-23-27-48-31-32-53(86(68)50-28-24-22-25-29-50)51(38-48)49-33-35-67(69,70)36-34-49)41-42(2)39-64(8,78)61(85-63-57(74)52(71(11)12)37-43(3)81-63)44(4)58(45(5)62(77)83-54)84-56-40-65(9,80-13)60(76)47(7)82-56/h22,24-25,28-29,31-32,38,42-47,49,52,54,56-61,63,74-76,78-79H,14-21,23,26-27,30,33-37,39-41H2,1-13H3/t42-,43-,44+,45-,46-,47+,52+,54-,56+,57-,58+,59-,60+,61-,63+,64-,65-,66-,86?/m1/s1. The van der Waals surface area contributed by atoms with Crippen molar-refractivity contribution in [1.29, 1.82) is 0 Å². The largest absolute Gasteiger partial charge is 0.459 e. The zero-order valence-electron chi connectivity index (χ0n) is 54.0. The first-order chi connectivity index (χ1) is 40.4. The molecule has 4 fully saturated rings. The minimum absolute atomic E-state index is 0.0550. The summed E-state index contributed by atoms with van der Waals surface area (Å²) in [4.78, 5) is 32.8. The Morgan fingerprint density at radius 2 is 1.45 bits per heavy atom. The van der Waals surface area contributed by atoms with Gasteiger partial charge in [0.15, 0.2) is 12.6 Å². The first-order valence-corrected chi connectivity index (χ1v) is 34.5. The molecular formula is C67H108ClF2N2O13P. The van der Waals surface area contributed by atoms with Gasteiger partial charge in [0.2, 0.25) is 11.8 Å². The van der Waals surface area contributed by atoms with Crippen molar-refractivity contribution < 1.29 is 72.3 Å². The summed E-state index contributed by atoms with van der Waals surface area (Å²) in [5, 5.41) is 62.6. The fourth-order valence-electron chi connectivity index (χ4n) is 14.1. The lowest BCUT2D eigenvalue weighted by atomic mass is 9.77. The predicted molar refractivity (Wildman–Crippen MR) is 334 cm³/mol. The molecule has 1 saturated carbocycles. The third kappa shape index (κ3) is 18.8. The van der Waals surface area contributed by atoms with Gasteiger partial charge in [-0.05, 0) is 147 Å². The molecule has 1 unspecified atom stereocenters. The number of ether oxygens (including phenoxy) is 6. The molecule has 2 aromatic carbocycles. The van der Waals surface area contributed by atoms with Gasteiger partial charge in [-0.25, -0.2) is 8.78 Å². The van der Waals surface area contributed by atoms with Gasteiger partial charge in [-0.1, -0.05) is 125 Å². The number of hydrogen-bond acceptors (Lipinski definition) is 14. The molecule has 0 aromatic heterocycles. The monoisotopic (exact) mass is 1250 g/mol. The van der Waals surface area contributed by atoms with Gasteiger partial charge in [0, 0.05) is 51.3 Å². The number of hydrogen-bond donors (Lipinski definition) is 5. The predicted octanol–water partition coefficient (Wildman–Crippen LogP) is 10.8. The van der Waals surface area contributed by atoms with Gasteiger partial charge in [-0.15, -0.1) is 0 Å². The number of esters is 1. The minimum atomic E-state index is -2.60. The van der Waals surface area contributed by atoms with Crippen LogP contribution < -0.4 is 10.6 Å². The topological polar surface area (TPSA) is 197 Å². The first-order valence-electron chi connectivity index (χ1n) is 32.3. The number of unbranched alkanes of at least 4 members (excludes halogenated alkanes) is 8. The Hall–Kier alpha value is -2.48. The summed E-state index contributed by atoms with van der Waals surface area (Å²) < 4.78 is 66.7. The van der Waals surface area contributed by atoms with Gasteiger partial charge < -0.3 is 63.8 Å². The van der Waals surface area contributed by atoms with Crippen LogP contribution in [0.1, 0.15) is 202 Å². The Bertz CT molecular complexity index is 2400. The summed E-state index contributed by atoms with van der Waals surface area (Å²) in [5.41, 5.74) is -2.47. The number of carbonyl (C=O) groups excluding carboxylic acids is 2. The van der Waals surface area contributed by atoms with Crippen LogP contribution in [0.2, 0.25) is 0 Å². The van der Waals surface area contributed by atoms with E-state index in [0.717, 1.165) is 74.0 Å². The van der Waals surface area contributed by atoms with Gasteiger partial charge >= 0.3 is 5.97 Å². The van der Waals surface area contributed by atoms with E-state index in [0.29, 0.717) is 25.7 Å². The number of halogens is 3. The maximum atomic E-state index is 14.7. The Balaban J connectivity index is 1.11. The fourth-order valence-corrected chi connectivity index (χ4v) is 16.3. The molecule has 0 bridgehead atoms. The first kappa shape index (κ1) is 72.6. The van der Waals surface area contributed by atoms with Gasteiger partial charge in [0.25, 0.3) is 0 Å². The number of alkyl halides is 2. The second-order valence-electron chi connectivity index (χ2n) is 27.1. The van der Waals surface area contributed by atoms with E-state index in [2.05, 4.69) is 18.2 Å². The molecule has 4 aliphatic rings. The van der Waals surface area contributed by atoms with E-state index in [1.807, 2.05) is 63.2 Å². The normalized spacial score (nSPS) is 36.7. The Morgan fingerprint density at radius 3 is 2.06 bits per heavy atom. The van der Waals surface area contributed by atoms with Gasteiger partial charge in [0.05, 0.1) is 54.9 Å². The van der Waals surface area contributed by atoms with Crippen LogP contribution >= 0.6 is 18.5 Å². The van der Waals surface area contributed by atoms with E-state index in [1.165, 1.54) is 19.6 Å². The van der Waals surface area contributed by atoms with Crippen LogP contribution in [0.15, 0.2) is 48.5 Å². The number of methoxy groups -OCH3 is 1. The number of aliphatic hydroxyl groups is 5. The number of rotatable bonds is 22. The Kier molecular flexibility index (Phi) is 27.2. The van der Waals surface area contributed by atoms with Crippen LogP contribution in [0, 0.1) is 17.8 Å². The van der Waals surface area contributed by atoms with E-state index in [9.17, 15) is 43.9 Å².